The summed E-state index contributed by atoms with van der Waals surface area (Å²) in [5.41, 5.74) is 2.68. The number of halogens is 3. The summed E-state index contributed by atoms with van der Waals surface area (Å²) in [5.74, 6) is -0.507. The number of nitrogens with one attached hydrogen (secondary N) is 1. The smallest absolute Gasteiger partial charge is 0.418 e. The van der Waals surface area contributed by atoms with Crippen LogP contribution in [0.15, 0.2) is 53.4 Å². The largest absolute Gasteiger partial charge is 0.484 e. The number of aryl methyl sites for hydroxylation is 2. The Morgan fingerprint density at radius 3 is 2.07 bits per heavy atom. The number of benzene rings is 3. The predicted octanol–water partition coefficient (Wildman–Crippen LogP) is 5.53. The van der Waals surface area contributed by atoms with Crippen LogP contribution in [0.5, 0.6) is 5.75 Å². The van der Waals surface area contributed by atoms with E-state index in [2.05, 4.69) is 10.2 Å². The zero-order valence-corrected chi connectivity index (χ0v) is 26.0. The first-order chi connectivity index (χ1) is 20.1. The molecule has 1 aliphatic rings. The SMILES string of the molecule is Cc1cc(C)c(C)c(S(=O)(=O)N(C)c2ccc(OCC(=O)Nc3ccc(N4CCN(C)CC4)cc3C(F)(F)F)cc2)c1C. The minimum atomic E-state index is -4.66. The Kier molecular flexibility index (Phi) is 9.31. The van der Waals surface area contributed by atoms with Gasteiger partial charge in [-0.05, 0) is 99.5 Å². The van der Waals surface area contributed by atoms with Crippen molar-refractivity contribution in [3.63, 3.8) is 0 Å². The van der Waals surface area contributed by atoms with E-state index >= 15 is 0 Å². The average molecular weight is 619 g/mol. The van der Waals surface area contributed by atoms with Gasteiger partial charge in [-0.25, -0.2) is 8.42 Å². The van der Waals surface area contributed by atoms with Crippen LogP contribution in [0.25, 0.3) is 0 Å². The molecule has 0 atom stereocenters. The van der Waals surface area contributed by atoms with Gasteiger partial charge in [0.2, 0.25) is 0 Å². The fourth-order valence-electron chi connectivity index (χ4n) is 5.07. The summed E-state index contributed by atoms with van der Waals surface area (Å²) >= 11 is 0. The Labute approximate surface area is 251 Å². The van der Waals surface area contributed by atoms with Gasteiger partial charge in [0.1, 0.15) is 5.75 Å². The molecular formula is C31H37F3N4O4S. The summed E-state index contributed by atoms with van der Waals surface area (Å²) in [5, 5.41) is 2.31. The van der Waals surface area contributed by atoms with Crippen molar-refractivity contribution in [2.75, 3.05) is 61.4 Å². The fraction of sp³-hybridized carbons (Fsp3) is 0.387. The van der Waals surface area contributed by atoms with E-state index < -0.39 is 34.3 Å². The molecule has 1 aliphatic heterocycles. The van der Waals surface area contributed by atoms with Crippen LogP contribution in [0.3, 0.4) is 0 Å². The van der Waals surface area contributed by atoms with Gasteiger partial charge in [-0.1, -0.05) is 6.07 Å². The summed E-state index contributed by atoms with van der Waals surface area (Å²) < 4.78 is 75.4. The molecule has 1 heterocycles. The van der Waals surface area contributed by atoms with Crippen LogP contribution in [-0.4, -0.2) is 66.1 Å². The van der Waals surface area contributed by atoms with Gasteiger partial charge in [0.15, 0.2) is 6.61 Å². The van der Waals surface area contributed by atoms with E-state index in [0.29, 0.717) is 35.6 Å². The monoisotopic (exact) mass is 618 g/mol. The second-order valence-electron chi connectivity index (χ2n) is 10.9. The van der Waals surface area contributed by atoms with Crippen molar-refractivity contribution in [2.24, 2.45) is 0 Å². The van der Waals surface area contributed by atoms with E-state index in [1.807, 2.05) is 31.9 Å². The normalized spacial score (nSPS) is 14.5. The molecule has 232 valence electrons. The number of alkyl halides is 3. The van der Waals surface area contributed by atoms with Crippen molar-refractivity contribution in [1.82, 2.24) is 4.90 Å². The number of rotatable bonds is 8. The van der Waals surface area contributed by atoms with Crippen molar-refractivity contribution in [3.8, 4) is 5.75 Å². The predicted molar refractivity (Wildman–Crippen MR) is 163 cm³/mol. The molecular weight excluding hydrogens is 581 g/mol. The summed E-state index contributed by atoms with van der Waals surface area (Å²) in [4.78, 5) is 16.8. The molecule has 0 radical (unpaired) electrons. The lowest BCUT2D eigenvalue weighted by molar-refractivity contribution is -0.137. The third-order valence-corrected chi connectivity index (χ3v) is 10.00. The lowest BCUT2D eigenvalue weighted by Crippen LogP contribution is -2.44. The summed E-state index contributed by atoms with van der Waals surface area (Å²) in [6.45, 7) is 9.48. The number of ether oxygens (including phenoxy) is 1. The van der Waals surface area contributed by atoms with Gasteiger partial charge in [-0.2, -0.15) is 13.2 Å². The van der Waals surface area contributed by atoms with Crippen LogP contribution >= 0.6 is 0 Å². The molecule has 0 saturated carbocycles. The van der Waals surface area contributed by atoms with Crippen LogP contribution in [0.1, 0.15) is 27.8 Å². The van der Waals surface area contributed by atoms with Gasteiger partial charge in [0.25, 0.3) is 15.9 Å². The Hall–Kier alpha value is -3.77. The van der Waals surface area contributed by atoms with Crippen molar-refractivity contribution >= 4 is 33.0 Å². The second kappa shape index (κ2) is 12.5. The molecule has 0 bridgehead atoms. The maximum atomic E-state index is 13.9. The number of likely N-dealkylation sites (N-methyl/N-ethyl adjacent to an activating group) is 1. The number of piperazine rings is 1. The maximum Gasteiger partial charge on any atom is 0.418 e. The number of hydrogen-bond acceptors (Lipinski definition) is 6. The average Bonchev–Trinajstić information content (AvgIpc) is 2.95. The molecule has 0 spiro atoms. The van der Waals surface area contributed by atoms with Gasteiger partial charge in [0.05, 0.1) is 21.8 Å². The highest BCUT2D eigenvalue weighted by Gasteiger charge is 2.35. The highest BCUT2D eigenvalue weighted by Crippen LogP contribution is 2.38. The van der Waals surface area contributed by atoms with Gasteiger partial charge >= 0.3 is 6.18 Å². The fourth-order valence-corrected chi connectivity index (χ4v) is 6.84. The molecule has 4 rings (SSSR count). The molecule has 1 N–H and O–H groups in total. The molecule has 1 fully saturated rings. The number of carbonyl (C=O) groups excluding carboxylic acids is 1. The topological polar surface area (TPSA) is 82.2 Å². The van der Waals surface area contributed by atoms with Gasteiger partial charge in [0, 0.05) is 38.9 Å². The molecule has 8 nitrogen and oxygen atoms in total. The van der Waals surface area contributed by atoms with Crippen LogP contribution < -0.4 is 19.3 Å². The highest BCUT2D eigenvalue weighted by atomic mass is 32.2. The van der Waals surface area contributed by atoms with Gasteiger partial charge in [-0.3, -0.25) is 9.10 Å². The first-order valence-corrected chi connectivity index (χ1v) is 15.3. The van der Waals surface area contributed by atoms with E-state index in [0.717, 1.165) is 30.3 Å². The molecule has 12 heteroatoms. The second-order valence-corrected chi connectivity index (χ2v) is 12.8. The Balaban J connectivity index is 1.43. The highest BCUT2D eigenvalue weighted by molar-refractivity contribution is 7.93. The number of amides is 1. The summed E-state index contributed by atoms with van der Waals surface area (Å²) in [6.07, 6.45) is -4.66. The third-order valence-electron chi connectivity index (χ3n) is 7.94. The molecule has 1 amide bonds. The van der Waals surface area contributed by atoms with Gasteiger partial charge in [-0.15, -0.1) is 0 Å². The lowest BCUT2D eigenvalue weighted by atomic mass is 10.0. The summed E-state index contributed by atoms with van der Waals surface area (Å²) in [7, 11) is -0.445. The Bertz CT molecular complexity index is 1570. The van der Waals surface area contributed by atoms with Gasteiger partial charge < -0.3 is 19.9 Å². The van der Waals surface area contributed by atoms with Crippen LogP contribution in [0.2, 0.25) is 0 Å². The van der Waals surface area contributed by atoms with E-state index in [1.165, 1.54) is 41.7 Å². The molecule has 0 unspecified atom stereocenters. The van der Waals surface area contributed by atoms with Crippen LogP contribution in [0, 0.1) is 27.7 Å². The molecule has 0 aliphatic carbocycles. The zero-order chi connectivity index (χ0) is 31.7. The van der Waals surface area contributed by atoms with E-state index in [9.17, 15) is 26.4 Å². The van der Waals surface area contributed by atoms with Crippen molar-refractivity contribution in [2.45, 2.75) is 38.8 Å². The third kappa shape index (κ3) is 7.07. The number of sulfonamides is 1. The van der Waals surface area contributed by atoms with Crippen LogP contribution in [0.4, 0.5) is 30.2 Å². The molecule has 1 saturated heterocycles. The summed E-state index contributed by atoms with van der Waals surface area (Å²) in [6, 6.07) is 11.9. The van der Waals surface area contributed by atoms with Crippen LogP contribution in [-0.2, 0) is 21.0 Å². The number of nitrogens with zero attached hydrogens (tertiary/aromatic N) is 3. The maximum absolute atomic E-state index is 13.9. The molecule has 0 aromatic heterocycles. The molecule has 3 aromatic carbocycles. The van der Waals surface area contributed by atoms with Crippen molar-refractivity contribution in [1.29, 1.82) is 0 Å². The van der Waals surface area contributed by atoms with E-state index in [1.54, 1.807) is 19.9 Å². The Morgan fingerprint density at radius 1 is 0.930 bits per heavy atom. The zero-order valence-electron chi connectivity index (χ0n) is 25.2. The first kappa shape index (κ1) is 32.2. The lowest BCUT2D eigenvalue weighted by Gasteiger charge is -2.34. The quantitative estimate of drug-likeness (QED) is 0.358. The van der Waals surface area contributed by atoms with Crippen molar-refractivity contribution < 1.29 is 31.1 Å². The number of carbonyl (C=O) groups is 1. The number of anilines is 3. The van der Waals surface area contributed by atoms with Crippen molar-refractivity contribution in [3.05, 3.63) is 76.3 Å². The molecule has 43 heavy (non-hydrogen) atoms. The van der Waals surface area contributed by atoms with E-state index in [4.69, 9.17) is 4.74 Å². The number of hydrogen-bond donors (Lipinski definition) is 1. The minimum Gasteiger partial charge on any atom is -0.484 e. The first-order valence-electron chi connectivity index (χ1n) is 13.8. The molecule has 3 aromatic rings. The van der Waals surface area contributed by atoms with E-state index in [-0.39, 0.29) is 16.3 Å². The standard InChI is InChI=1S/C31H37F3N4O4S/c1-20-17-21(2)23(4)30(22(20)3)43(40,41)37(6)24-7-10-26(11-8-24)42-19-29(39)35-28-12-9-25(18-27(28)31(32,33)34)38-15-13-36(5)14-16-38/h7-12,17-18H,13-16,19H2,1-6H3,(H,35,39). The Morgan fingerprint density at radius 2 is 1.51 bits per heavy atom. The minimum absolute atomic E-state index is 0.255.